The Kier molecular flexibility index (Phi) is 7.48. The maximum absolute atomic E-state index is 13.5. The quantitative estimate of drug-likeness (QED) is 0.218. The number of benzene rings is 3. The van der Waals surface area contributed by atoms with Crippen LogP contribution in [0.25, 0.3) is 5.76 Å². The molecule has 1 fully saturated rings. The van der Waals surface area contributed by atoms with Crippen LogP contribution in [0.2, 0.25) is 0 Å². The molecule has 4 rings (SSSR count). The van der Waals surface area contributed by atoms with Gasteiger partial charge in [0.05, 0.1) is 30.9 Å². The highest BCUT2D eigenvalue weighted by Crippen LogP contribution is 2.44. The van der Waals surface area contributed by atoms with Crippen molar-refractivity contribution in [3.8, 4) is 11.5 Å². The lowest BCUT2D eigenvalue weighted by Crippen LogP contribution is -2.29. The number of halogens is 3. The largest absolute Gasteiger partial charge is 0.507 e. The highest BCUT2D eigenvalue weighted by molar-refractivity contribution is 6.51. The number of ketones is 1. The van der Waals surface area contributed by atoms with Gasteiger partial charge in [0.15, 0.2) is 0 Å². The van der Waals surface area contributed by atoms with E-state index in [-0.39, 0.29) is 16.8 Å². The fourth-order valence-corrected chi connectivity index (χ4v) is 4.38. The van der Waals surface area contributed by atoms with Crippen molar-refractivity contribution in [1.82, 2.24) is 0 Å². The van der Waals surface area contributed by atoms with E-state index in [1.165, 1.54) is 19.2 Å². The Bertz CT molecular complexity index is 1410. The van der Waals surface area contributed by atoms with E-state index < -0.39 is 35.2 Å². The summed E-state index contributed by atoms with van der Waals surface area (Å²) < 4.78 is 51.4. The summed E-state index contributed by atoms with van der Waals surface area (Å²) >= 11 is 0. The smallest absolute Gasteiger partial charge is 0.416 e. The van der Waals surface area contributed by atoms with E-state index in [9.17, 15) is 27.9 Å². The predicted octanol–water partition coefficient (Wildman–Crippen LogP) is 6.44. The molecular weight excluding hydrogens is 499 g/mol. The van der Waals surface area contributed by atoms with Crippen molar-refractivity contribution < 1.29 is 37.3 Å². The van der Waals surface area contributed by atoms with Crippen molar-refractivity contribution in [2.75, 3.05) is 18.6 Å². The molecule has 0 radical (unpaired) electrons. The van der Waals surface area contributed by atoms with Crippen LogP contribution in [0.3, 0.4) is 0 Å². The second-order valence-corrected chi connectivity index (χ2v) is 8.82. The molecule has 38 heavy (non-hydrogen) atoms. The lowest BCUT2D eigenvalue weighted by atomic mass is 9.94. The Balaban J connectivity index is 1.91. The molecule has 1 amide bonds. The van der Waals surface area contributed by atoms with E-state index in [0.29, 0.717) is 29.2 Å². The van der Waals surface area contributed by atoms with Gasteiger partial charge in [-0.3, -0.25) is 14.5 Å². The predicted molar refractivity (Wildman–Crippen MR) is 136 cm³/mol. The number of aryl methyl sites for hydroxylation is 1. The summed E-state index contributed by atoms with van der Waals surface area (Å²) in [5, 5.41) is 11.3. The number of carbonyl (C=O) groups is 2. The molecule has 3 aromatic rings. The molecular formula is C29H26F3NO5. The minimum atomic E-state index is -4.66. The standard InChI is InChI=1S/C29H26F3NO5/c1-4-13-38-23-12-11-19(14-17(23)2)26(34)24-25(18-7-5-10-22(15-18)37-3)33(28(36)27(24)35)21-9-6-8-20(16-21)29(30,31)32/h5-12,14-16,25,34H,4,13H2,1-3H3/b26-24+. The van der Waals surface area contributed by atoms with Crippen LogP contribution in [0.5, 0.6) is 11.5 Å². The summed E-state index contributed by atoms with van der Waals surface area (Å²) in [4.78, 5) is 27.6. The van der Waals surface area contributed by atoms with Crippen LogP contribution in [0.4, 0.5) is 18.9 Å². The van der Waals surface area contributed by atoms with Crippen LogP contribution in [0.15, 0.2) is 72.3 Å². The second-order valence-electron chi connectivity index (χ2n) is 8.82. The van der Waals surface area contributed by atoms with Gasteiger partial charge in [0.2, 0.25) is 0 Å². The Morgan fingerprint density at radius 2 is 1.76 bits per heavy atom. The van der Waals surface area contributed by atoms with Crippen molar-refractivity contribution in [2.45, 2.75) is 32.5 Å². The number of hydrogen-bond acceptors (Lipinski definition) is 5. The van der Waals surface area contributed by atoms with Crippen molar-refractivity contribution in [2.24, 2.45) is 0 Å². The van der Waals surface area contributed by atoms with Crippen molar-refractivity contribution >= 4 is 23.1 Å². The van der Waals surface area contributed by atoms with Gasteiger partial charge in [0.1, 0.15) is 17.3 Å². The minimum absolute atomic E-state index is 0.131. The molecule has 1 atom stereocenters. The summed E-state index contributed by atoms with van der Waals surface area (Å²) in [6, 6.07) is 14.3. The number of amides is 1. The number of aliphatic hydroxyl groups excluding tert-OH is 1. The molecule has 3 aromatic carbocycles. The molecule has 1 aliphatic rings. The molecule has 0 aromatic heterocycles. The maximum atomic E-state index is 13.5. The van der Waals surface area contributed by atoms with Crippen LogP contribution in [-0.4, -0.2) is 30.5 Å². The molecule has 6 nitrogen and oxygen atoms in total. The highest BCUT2D eigenvalue weighted by Gasteiger charge is 2.47. The SMILES string of the molecule is CCCOc1ccc(/C(O)=C2\C(=O)C(=O)N(c3cccc(C(F)(F)F)c3)C2c2cccc(OC)c2)cc1C. The molecule has 1 saturated heterocycles. The number of rotatable bonds is 7. The molecule has 9 heteroatoms. The number of Topliss-reactive ketones (excluding diaryl/α,β-unsaturated/α-hetero) is 1. The van der Waals surface area contributed by atoms with E-state index in [1.807, 2.05) is 6.92 Å². The van der Waals surface area contributed by atoms with Crippen molar-refractivity contribution in [1.29, 1.82) is 0 Å². The van der Waals surface area contributed by atoms with Crippen molar-refractivity contribution in [3.05, 3.63) is 94.6 Å². The van der Waals surface area contributed by atoms with Gasteiger partial charge in [-0.15, -0.1) is 0 Å². The Hall–Kier alpha value is -4.27. The third-order valence-corrected chi connectivity index (χ3v) is 6.22. The van der Waals surface area contributed by atoms with Gasteiger partial charge in [-0.2, -0.15) is 13.2 Å². The zero-order valence-corrected chi connectivity index (χ0v) is 21.0. The first-order valence-corrected chi connectivity index (χ1v) is 11.9. The van der Waals surface area contributed by atoms with Crippen LogP contribution in [-0.2, 0) is 15.8 Å². The number of aliphatic hydroxyl groups is 1. The monoisotopic (exact) mass is 525 g/mol. The first-order valence-electron chi connectivity index (χ1n) is 11.9. The maximum Gasteiger partial charge on any atom is 0.416 e. The Morgan fingerprint density at radius 1 is 1.03 bits per heavy atom. The van der Waals surface area contributed by atoms with E-state index in [4.69, 9.17) is 9.47 Å². The summed E-state index contributed by atoms with van der Waals surface area (Å²) in [6.07, 6.45) is -3.85. The minimum Gasteiger partial charge on any atom is -0.507 e. The normalized spacial score (nSPS) is 17.1. The first-order chi connectivity index (χ1) is 18.1. The zero-order chi connectivity index (χ0) is 27.6. The van der Waals surface area contributed by atoms with Gasteiger partial charge >= 0.3 is 6.18 Å². The average Bonchev–Trinajstić information content (AvgIpc) is 3.17. The fraction of sp³-hybridized carbons (Fsp3) is 0.241. The lowest BCUT2D eigenvalue weighted by molar-refractivity contribution is -0.137. The van der Waals surface area contributed by atoms with Crippen LogP contribution < -0.4 is 14.4 Å². The van der Waals surface area contributed by atoms with E-state index in [1.54, 1.807) is 49.4 Å². The topological polar surface area (TPSA) is 76.1 Å². The Morgan fingerprint density at radius 3 is 2.42 bits per heavy atom. The number of carbonyl (C=O) groups excluding carboxylic acids is 2. The summed E-state index contributed by atoms with van der Waals surface area (Å²) in [5.74, 6) is -1.51. The molecule has 1 unspecified atom stereocenters. The van der Waals surface area contributed by atoms with Crippen LogP contribution in [0, 0.1) is 6.92 Å². The molecule has 0 saturated carbocycles. The van der Waals surface area contributed by atoms with Crippen molar-refractivity contribution in [3.63, 3.8) is 0 Å². The first kappa shape index (κ1) is 26.8. The van der Waals surface area contributed by atoms with Crippen LogP contribution >= 0.6 is 0 Å². The van der Waals surface area contributed by atoms with E-state index >= 15 is 0 Å². The van der Waals surface area contributed by atoms with E-state index in [0.717, 1.165) is 23.5 Å². The summed E-state index contributed by atoms with van der Waals surface area (Å²) in [6.45, 7) is 4.25. The highest BCUT2D eigenvalue weighted by atomic mass is 19.4. The molecule has 1 N–H and O–H groups in total. The summed E-state index contributed by atoms with van der Waals surface area (Å²) in [7, 11) is 1.44. The van der Waals surface area contributed by atoms with Gasteiger partial charge in [0, 0.05) is 11.3 Å². The van der Waals surface area contributed by atoms with Gasteiger partial charge in [0.25, 0.3) is 11.7 Å². The van der Waals surface area contributed by atoms with Gasteiger partial charge in [-0.05, 0) is 73.0 Å². The summed E-state index contributed by atoms with van der Waals surface area (Å²) in [5.41, 5.74) is -0.00822. The second kappa shape index (κ2) is 10.6. The number of methoxy groups -OCH3 is 1. The van der Waals surface area contributed by atoms with Gasteiger partial charge < -0.3 is 14.6 Å². The van der Waals surface area contributed by atoms with Crippen LogP contribution in [0.1, 0.15) is 41.6 Å². The lowest BCUT2D eigenvalue weighted by Gasteiger charge is -2.26. The van der Waals surface area contributed by atoms with Gasteiger partial charge in [-0.25, -0.2) is 0 Å². The number of nitrogens with zero attached hydrogens (tertiary/aromatic N) is 1. The molecule has 0 bridgehead atoms. The number of alkyl halides is 3. The third kappa shape index (κ3) is 5.09. The number of hydrogen-bond donors (Lipinski definition) is 1. The molecule has 0 spiro atoms. The zero-order valence-electron chi connectivity index (χ0n) is 21.0. The average molecular weight is 526 g/mol. The van der Waals surface area contributed by atoms with Gasteiger partial charge in [-0.1, -0.05) is 25.1 Å². The number of ether oxygens (including phenoxy) is 2. The molecule has 198 valence electrons. The molecule has 1 aliphatic heterocycles. The molecule has 1 heterocycles. The third-order valence-electron chi connectivity index (χ3n) is 6.22. The molecule has 0 aliphatic carbocycles. The fourth-order valence-electron chi connectivity index (χ4n) is 4.38. The van der Waals surface area contributed by atoms with E-state index in [2.05, 4.69) is 0 Å². The Labute approximate surface area is 217 Å². The number of anilines is 1.